The van der Waals surface area contributed by atoms with Gasteiger partial charge in [-0.15, -0.1) is 0 Å². The third-order valence-electron chi connectivity index (χ3n) is 4.57. The normalized spacial score (nSPS) is 11.0. The van der Waals surface area contributed by atoms with E-state index < -0.39 is 15.9 Å². The Morgan fingerprint density at radius 1 is 0.967 bits per heavy atom. The van der Waals surface area contributed by atoms with Gasteiger partial charge in [0.25, 0.3) is 10.0 Å². The van der Waals surface area contributed by atoms with Gasteiger partial charge in [0.2, 0.25) is 5.91 Å². The van der Waals surface area contributed by atoms with Gasteiger partial charge in [0.15, 0.2) is 0 Å². The Kier molecular flexibility index (Phi) is 6.74. The van der Waals surface area contributed by atoms with Gasteiger partial charge in [0.05, 0.1) is 17.7 Å². The number of hydrogen-bond donors (Lipinski definition) is 1. The van der Waals surface area contributed by atoms with Crippen LogP contribution < -0.4 is 14.4 Å². The molecule has 3 rings (SSSR count). The SMILES string of the molecule is COc1cccc(N(CC(=O)NCc2ccccc2)S(=O)(=O)c2ccc(C)cc2)c1. The zero-order chi connectivity index (χ0) is 21.6. The van der Waals surface area contributed by atoms with Crippen LogP contribution in [0.2, 0.25) is 0 Å². The number of rotatable bonds is 8. The summed E-state index contributed by atoms with van der Waals surface area (Å²) in [4.78, 5) is 12.8. The first-order valence-electron chi connectivity index (χ1n) is 9.44. The van der Waals surface area contributed by atoms with Crippen molar-refractivity contribution < 1.29 is 17.9 Å². The largest absolute Gasteiger partial charge is 0.497 e. The van der Waals surface area contributed by atoms with E-state index in [2.05, 4.69) is 5.32 Å². The van der Waals surface area contributed by atoms with Crippen molar-refractivity contribution in [2.75, 3.05) is 18.0 Å². The number of carbonyl (C=O) groups is 1. The van der Waals surface area contributed by atoms with Gasteiger partial charge in [0, 0.05) is 12.6 Å². The molecule has 0 atom stereocenters. The van der Waals surface area contributed by atoms with Crippen molar-refractivity contribution in [2.45, 2.75) is 18.4 Å². The van der Waals surface area contributed by atoms with Crippen LogP contribution in [-0.4, -0.2) is 28.0 Å². The van der Waals surface area contributed by atoms with Gasteiger partial charge in [-0.25, -0.2) is 8.42 Å². The molecule has 1 amide bonds. The fraction of sp³-hybridized carbons (Fsp3) is 0.174. The van der Waals surface area contributed by atoms with E-state index in [1.54, 1.807) is 48.5 Å². The van der Waals surface area contributed by atoms with Gasteiger partial charge in [-0.3, -0.25) is 9.10 Å². The summed E-state index contributed by atoms with van der Waals surface area (Å²) < 4.78 is 33.0. The number of aryl methyl sites for hydroxylation is 1. The highest BCUT2D eigenvalue weighted by atomic mass is 32.2. The molecule has 0 fully saturated rings. The fourth-order valence-electron chi connectivity index (χ4n) is 2.90. The van der Waals surface area contributed by atoms with Gasteiger partial charge in [-0.2, -0.15) is 0 Å². The second-order valence-corrected chi connectivity index (χ2v) is 8.65. The molecule has 0 spiro atoms. The molecular formula is C23H24N2O4S. The van der Waals surface area contributed by atoms with Crippen molar-refractivity contribution in [3.05, 3.63) is 90.0 Å². The maximum absolute atomic E-state index is 13.4. The number of nitrogens with one attached hydrogen (secondary N) is 1. The van der Waals surface area contributed by atoms with Crippen LogP contribution in [-0.2, 0) is 21.4 Å². The number of carbonyl (C=O) groups excluding carboxylic acids is 1. The molecule has 0 radical (unpaired) electrons. The maximum Gasteiger partial charge on any atom is 0.264 e. The minimum absolute atomic E-state index is 0.117. The molecule has 6 nitrogen and oxygen atoms in total. The lowest BCUT2D eigenvalue weighted by molar-refractivity contribution is -0.119. The molecule has 0 saturated heterocycles. The lowest BCUT2D eigenvalue weighted by atomic mass is 10.2. The zero-order valence-electron chi connectivity index (χ0n) is 16.9. The molecule has 3 aromatic rings. The Balaban J connectivity index is 1.89. The molecule has 0 aliphatic carbocycles. The van der Waals surface area contributed by atoms with Crippen LogP contribution in [0.5, 0.6) is 5.75 Å². The van der Waals surface area contributed by atoms with E-state index >= 15 is 0 Å². The second kappa shape index (κ2) is 9.45. The average molecular weight is 425 g/mol. The van der Waals surface area contributed by atoms with E-state index in [0.29, 0.717) is 18.0 Å². The van der Waals surface area contributed by atoms with Gasteiger partial charge in [-0.1, -0.05) is 54.1 Å². The minimum Gasteiger partial charge on any atom is -0.497 e. The number of sulfonamides is 1. The summed E-state index contributed by atoms with van der Waals surface area (Å²) in [5, 5.41) is 2.78. The Labute approximate surface area is 177 Å². The molecule has 1 N–H and O–H groups in total. The molecule has 156 valence electrons. The minimum atomic E-state index is -3.96. The van der Waals surface area contributed by atoms with Gasteiger partial charge < -0.3 is 10.1 Å². The van der Waals surface area contributed by atoms with Gasteiger partial charge in [-0.05, 0) is 36.8 Å². The summed E-state index contributed by atoms with van der Waals surface area (Å²) in [6.07, 6.45) is 0. The second-order valence-electron chi connectivity index (χ2n) is 6.79. The summed E-state index contributed by atoms with van der Waals surface area (Å²) >= 11 is 0. The van der Waals surface area contributed by atoms with E-state index in [4.69, 9.17) is 4.74 Å². The molecule has 0 saturated carbocycles. The third-order valence-corrected chi connectivity index (χ3v) is 6.36. The molecule has 0 aliphatic rings. The first-order chi connectivity index (χ1) is 14.4. The Morgan fingerprint density at radius 3 is 2.33 bits per heavy atom. The van der Waals surface area contributed by atoms with Crippen LogP contribution in [0, 0.1) is 6.92 Å². The summed E-state index contributed by atoms with van der Waals surface area (Å²) in [6, 6.07) is 22.6. The van der Waals surface area contributed by atoms with E-state index in [-0.39, 0.29) is 11.4 Å². The van der Waals surface area contributed by atoms with Crippen LogP contribution in [0.25, 0.3) is 0 Å². The van der Waals surface area contributed by atoms with Crippen LogP contribution in [0.15, 0.2) is 83.8 Å². The van der Waals surface area contributed by atoms with Crippen molar-refractivity contribution in [2.24, 2.45) is 0 Å². The Morgan fingerprint density at radius 2 is 1.67 bits per heavy atom. The maximum atomic E-state index is 13.4. The molecular weight excluding hydrogens is 400 g/mol. The fourth-order valence-corrected chi connectivity index (χ4v) is 4.31. The molecule has 0 bridgehead atoms. The molecule has 3 aromatic carbocycles. The van der Waals surface area contributed by atoms with Crippen molar-refractivity contribution in [1.82, 2.24) is 5.32 Å². The van der Waals surface area contributed by atoms with E-state index in [0.717, 1.165) is 15.4 Å². The van der Waals surface area contributed by atoms with Crippen LogP contribution >= 0.6 is 0 Å². The third kappa shape index (κ3) is 5.18. The summed E-state index contributed by atoms with van der Waals surface area (Å²) in [6.45, 7) is 1.85. The Bertz CT molecular complexity index is 1100. The molecule has 0 aliphatic heterocycles. The van der Waals surface area contributed by atoms with Crippen LogP contribution in [0.3, 0.4) is 0 Å². The highest BCUT2D eigenvalue weighted by Gasteiger charge is 2.27. The summed E-state index contributed by atoms with van der Waals surface area (Å²) in [5.74, 6) is 0.0960. The first kappa shape index (κ1) is 21.4. The quantitative estimate of drug-likeness (QED) is 0.600. The Hall–Kier alpha value is -3.32. The predicted molar refractivity (Wildman–Crippen MR) is 117 cm³/mol. The number of nitrogens with zero attached hydrogens (tertiary/aromatic N) is 1. The summed E-state index contributed by atoms with van der Waals surface area (Å²) in [5.41, 5.74) is 2.23. The molecule has 0 aromatic heterocycles. The standard InChI is InChI=1S/C23H24N2O4S/c1-18-11-13-22(14-12-18)30(27,28)25(20-9-6-10-21(15-20)29-2)17-23(26)24-16-19-7-4-3-5-8-19/h3-15H,16-17H2,1-2H3,(H,24,26). The monoisotopic (exact) mass is 424 g/mol. The summed E-state index contributed by atoms with van der Waals surface area (Å²) in [7, 11) is -2.45. The lowest BCUT2D eigenvalue weighted by Crippen LogP contribution is -2.40. The van der Waals surface area contributed by atoms with Crippen LogP contribution in [0.1, 0.15) is 11.1 Å². The topological polar surface area (TPSA) is 75.7 Å². The molecule has 0 heterocycles. The van der Waals surface area contributed by atoms with Gasteiger partial charge in [0.1, 0.15) is 12.3 Å². The van der Waals surface area contributed by atoms with Gasteiger partial charge >= 0.3 is 0 Å². The van der Waals surface area contributed by atoms with Crippen molar-refractivity contribution >= 4 is 21.6 Å². The number of ether oxygens (including phenoxy) is 1. The smallest absolute Gasteiger partial charge is 0.264 e. The van der Waals surface area contributed by atoms with E-state index in [1.807, 2.05) is 37.3 Å². The highest BCUT2D eigenvalue weighted by molar-refractivity contribution is 7.92. The number of anilines is 1. The van der Waals surface area contributed by atoms with Crippen LogP contribution in [0.4, 0.5) is 5.69 Å². The number of amides is 1. The number of methoxy groups -OCH3 is 1. The average Bonchev–Trinajstić information content (AvgIpc) is 2.77. The molecule has 0 unspecified atom stereocenters. The van der Waals surface area contributed by atoms with Crippen molar-refractivity contribution in [3.8, 4) is 5.75 Å². The number of hydrogen-bond acceptors (Lipinski definition) is 4. The first-order valence-corrected chi connectivity index (χ1v) is 10.9. The van der Waals surface area contributed by atoms with Crippen molar-refractivity contribution in [3.63, 3.8) is 0 Å². The van der Waals surface area contributed by atoms with E-state index in [9.17, 15) is 13.2 Å². The molecule has 30 heavy (non-hydrogen) atoms. The van der Waals surface area contributed by atoms with Crippen molar-refractivity contribution in [1.29, 1.82) is 0 Å². The molecule has 7 heteroatoms. The predicted octanol–water partition coefficient (Wildman–Crippen LogP) is 3.52. The number of benzene rings is 3. The highest BCUT2D eigenvalue weighted by Crippen LogP contribution is 2.27. The lowest BCUT2D eigenvalue weighted by Gasteiger charge is -2.24. The zero-order valence-corrected chi connectivity index (χ0v) is 17.7. The van der Waals surface area contributed by atoms with E-state index in [1.165, 1.54) is 7.11 Å².